The van der Waals surface area contributed by atoms with Gasteiger partial charge >= 0.3 is 11.9 Å². The Kier molecular flexibility index (Phi) is 7.22. The molecule has 0 N–H and O–H groups in total. The minimum absolute atomic E-state index is 0.101. The van der Waals surface area contributed by atoms with E-state index in [-0.39, 0.29) is 26.2 Å². The van der Waals surface area contributed by atoms with Crippen molar-refractivity contribution in [3.05, 3.63) is 12.8 Å². The van der Waals surface area contributed by atoms with E-state index in [2.05, 4.69) is 16.1 Å². The second-order valence-electron chi connectivity index (χ2n) is 2.24. The van der Waals surface area contributed by atoms with Gasteiger partial charge in [-0.2, -0.15) is 0 Å². The summed E-state index contributed by atoms with van der Waals surface area (Å²) in [5.74, 6) is -1.20. The van der Waals surface area contributed by atoms with E-state index in [9.17, 15) is 9.59 Å². The Morgan fingerprint density at radius 2 is 1.86 bits per heavy atom. The molecule has 0 atom stereocenters. The van der Waals surface area contributed by atoms with Gasteiger partial charge in [-0.05, 0) is 6.92 Å². The lowest BCUT2D eigenvalue weighted by molar-refractivity contribution is -0.154. The van der Waals surface area contributed by atoms with Crippen LogP contribution in [0.5, 0.6) is 0 Å². The van der Waals surface area contributed by atoms with Gasteiger partial charge in [-0.1, -0.05) is 6.58 Å². The SMILES string of the molecule is C=COCCOC(=O)CC(=O)OCC. The average Bonchev–Trinajstić information content (AvgIpc) is 2.13. The summed E-state index contributed by atoms with van der Waals surface area (Å²) in [6.07, 6.45) is 0.890. The number of hydrogen-bond donors (Lipinski definition) is 0. The van der Waals surface area contributed by atoms with Crippen molar-refractivity contribution < 1.29 is 23.8 Å². The minimum atomic E-state index is -0.615. The van der Waals surface area contributed by atoms with Gasteiger partial charge in [0.05, 0.1) is 12.9 Å². The van der Waals surface area contributed by atoms with Crippen molar-refractivity contribution in [1.29, 1.82) is 0 Å². The summed E-state index contributed by atoms with van der Waals surface area (Å²) in [4.78, 5) is 21.7. The zero-order valence-corrected chi connectivity index (χ0v) is 8.15. The molecule has 80 valence electrons. The highest BCUT2D eigenvalue weighted by Crippen LogP contribution is 1.91. The van der Waals surface area contributed by atoms with Gasteiger partial charge in [0.15, 0.2) is 0 Å². The van der Waals surface area contributed by atoms with Crippen LogP contribution < -0.4 is 0 Å². The number of carbonyl (C=O) groups is 2. The molecule has 0 aliphatic rings. The zero-order chi connectivity index (χ0) is 10.8. The Balaban J connectivity index is 3.45. The van der Waals surface area contributed by atoms with Gasteiger partial charge in [-0.3, -0.25) is 9.59 Å². The zero-order valence-electron chi connectivity index (χ0n) is 8.15. The molecule has 0 bridgehead atoms. The van der Waals surface area contributed by atoms with Crippen molar-refractivity contribution >= 4 is 11.9 Å². The molecule has 14 heavy (non-hydrogen) atoms. The van der Waals surface area contributed by atoms with E-state index in [0.717, 1.165) is 0 Å². The van der Waals surface area contributed by atoms with Crippen molar-refractivity contribution in [2.75, 3.05) is 19.8 Å². The lowest BCUT2D eigenvalue weighted by Crippen LogP contribution is -2.15. The van der Waals surface area contributed by atoms with Gasteiger partial charge in [-0.15, -0.1) is 0 Å². The van der Waals surface area contributed by atoms with Crippen LogP contribution in [0.3, 0.4) is 0 Å². The fraction of sp³-hybridized carbons (Fsp3) is 0.556. The highest BCUT2D eigenvalue weighted by molar-refractivity contribution is 5.91. The van der Waals surface area contributed by atoms with Gasteiger partial charge in [0, 0.05) is 0 Å². The van der Waals surface area contributed by atoms with E-state index in [1.807, 2.05) is 0 Å². The Morgan fingerprint density at radius 1 is 1.21 bits per heavy atom. The van der Waals surface area contributed by atoms with Crippen molar-refractivity contribution in [1.82, 2.24) is 0 Å². The maximum Gasteiger partial charge on any atom is 0.317 e. The predicted molar refractivity (Wildman–Crippen MR) is 48.4 cm³/mol. The van der Waals surface area contributed by atoms with E-state index in [0.29, 0.717) is 0 Å². The van der Waals surface area contributed by atoms with E-state index in [4.69, 9.17) is 4.74 Å². The number of carbonyl (C=O) groups excluding carboxylic acids is 2. The molecule has 0 aromatic carbocycles. The summed E-state index contributed by atoms with van der Waals surface area (Å²) in [5, 5.41) is 0. The highest BCUT2D eigenvalue weighted by atomic mass is 16.6. The van der Waals surface area contributed by atoms with Gasteiger partial charge in [-0.25, -0.2) is 0 Å². The Morgan fingerprint density at radius 3 is 2.43 bits per heavy atom. The van der Waals surface area contributed by atoms with Crippen LogP contribution in [0.1, 0.15) is 13.3 Å². The molecule has 0 amide bonds. The first-order chi connectivity index (χ1) is 6.70. The molecule has 0 aliphatic carbocycles. The van der Waals surface area contributed by atoms with Gasteiger partial charge in [0.25, 0.3) is 0 Å². The molecule has 0 unspecified atom stereocenters. The monoisotopic (exact) mass is 202 g/mol. The molecule has 5 nitrogen and oxygen atoms in total. The third-order valence-corrected chi connectivity index (χ3v) is 1.18. The van der Waals surface area contributed by atoms with Crippen LogP contribution >= 0.6 is 0 Å². The summed E-state index contributed by atoms with van der Waals surface area (Å²) in [5.41, 5.74) is 0. The Bertz CT molecular complexity index is 199. The predicted octanol–water partition coefficient (Wildman–Crippen LogP) is 0.643. The van der Waals surface area contributed by atoms with Crippen molar-refractivity contribution in [2.24, 2.45) is 0 Å². The molecule has 0 fully saturated rings. The third kappa shape index (κ3) is 7.15. The summed E-state index contributed by atoms with van der Waals surface area (Å²) < 4.78 is 13.9. The van der Waals surface area contributed by atoms with Crippen molar-refractivity contribution in [2.45, 2.75) is 13.3 Å². The maximum atomic E-state index is 10.9. The van der Waals surface area contributed by atoms with E-state index < -0.39 is 11.9 Å². The summed E-state index contributed by atoms with van der Waals surface area (Å²) >= 11 is 0. The molecular weight excluding hydrogens is 188 g/mol. The number of esters is 2. The standard InChI is InChI=1S/C9H14O5/c1-3-12-5-6-14-9(11)7-8(10)13-4-2/h3H,1,4-7H2,2H3. The number of hydrogen-bond acceptors (Lipinski definition) is 5. The van der Waals surface area contributed by atoms with Gasteiger partial charge < -0.3 is 14.2 Å². The molecule has 0 rings (SSSR count). The van der Waals surface area contributed by atoms with Crippen LogP contribution in [-0.4, -0.2) is 31.8 Å². The first kappa shape index (κ1) is 12.5. The summed E-state index contributed by atoms with van der Waals surface area (Å²) in [7, 11) is 0. The Labute approximate surface area is 82.6 Å². The fourth-order valence-electron chi connectivity index (χ4n) is 0.668. The van der Waals surface area contributed by atoms with Crippen LogP contribution in [0.4, 0.5) is 0 Å². The number of ether oxygens (including phenoxy) is 3. The van der Waals surface area contributed by atoms with Gasteiger partial charge in [0.1, 0.15) is 19.6 Å². The van der Waals surface area contributed by atoms with Crippen LogP contribution in [0.25, 0.3) is 0 Å². The van der Waals surface area contributed by atoms with Gasteiger partial charge in [0.2, 0.25) is 0 Å². The lowest BCUT2D eigenvalue weighted by atomic mass is 10.4. The summed E-state index contributed by atoms with van der Waals surface area (Å²) in [6.45, 7) is 5.57. The maximum absolute atomic E-state index is 10.9. The first-order valence-corrected chi connectivity index (χ1v) is 4.24. The van der Waals surface area contributed by atoms with Crippen LogP contribution in [0.2, 0.25) is 0 Å². The van der Waals surface area contributed by atoms with Crippen molar-refractivity contribution in [3.8, 4) is 0 Å². The largest absolute Gasteiger partial charge is 0.498 e. The molecule has 0 aliphatic heterocycles. The second kappa shape index (κ2) is 8.10. The average molecular weight is 202 g/mol. The molecule has 0 spiro atoms. The topological polar surface area (TPSA) is 61.8 Å². The summed E-state index contributed by atoms with van der Waals surface area (Å²) in [6, 6.07) is 0. The minimum Gasteiger partial charge on any atom is -0.498 e. The normalized spacial score (nSPS) is 8.93. The fourth-order valence-corrected chi connectivity index (χ4v) is 0.668. The van der Waals surface area contributed by atoms with E-state index in [1.165, 1.54) is 6.26 Å². The van der Waals surface area contributed by atoms with Crippen LogP contribution in [-0.2, 0) is 23.8 Å². The van der Waals surface area contributed by atoms with Crippen LogP contribution in [0.15, 0.2) is 12.8 Å². The second-order valence-corrected chi connectivity index (χ2v) is 2.24. The third-order valence-electron chi connectivity index (χ3n) is 1.18. The van der Waals surface area contributed by atoms with Crippen LogP contribution in [0, 0.1) is 0 Å². The quantitative estimate of drug-likeness (QED) is 0.262. The highest BCUT2D eigenvalue weighted by Gasteiger charge is 2.10. The molecule has 0 radical (unpaired) electrons. The number of rotatable bonds is 7. The molecule has 0 saturated carbocycles. The van der Waals surface area contributed by atoms with Crippen molar-refractivity contribution in [3.63, 3.8) is 0 Å². The smallest absolute Gasteiger partial charge is 0.317 e. The Hall–Kier alpha value is -1.52. The van der Waals surface area contributed by atoms with E-state index >= 15 is 0 Å². The first-order valence-electron chi connectivity index (χ1n) is 4.24. The van der Waals surface area contributed by atoms with E-state index in [1.54, 1.807) is 6.92 Å². The molecule has 0 heterocycles. The lowest BCUT2D eigenvalue weighted by Gasteiger charge is -2.04. The molecule has 5 heteroatoms. The molecule has 0 aromatic rings. The molecule has 0 aromatic heterocycles. The molecule has 0 saturated heterocycles. The molecular formula is C9H14O5.